The smallest absolute Gasteiger partial charge is 0.306 e. The van der Waals surface area contributed by atoms with Crippen LogP contribution in [-0.2, 0) is 9.53 Å². The molecule has 0 N–H and O–H groups in total. The molecule has 0 saturated carbocycles. The first kappa shape index (κ1) is 15.9. The van der Waals surface area contributed by atoms with Gasteiger partial charge in [0.05, 0.1) is 0 Å². The van der Waals surface area contributed by atoms with E-state index in [9.17, 15) is 4.79 Å². The van der Waals surface area contributed by atoms with E-state index in [2.05, 4.69) is 23.1 Å². The van der Waals surface area contributed by atoms with Crippen LogP contribution in [0.2, 0.25) is 0 Å². The molecule has 0 spiro atoms. The fourth-order valence-electron chi connectivity index (χ4n) is 2.12. The molecule has 0 bridgehead atoms. The summed E-state index contributed by atoms with van der Waals surface area (Å²) in [5.41, 5.74) is 2.26. The highest BCUT2D eigenvalue weighted by Gasteiger charge is 2.24. The van der Waals surface area contributed by atoms with E-state index in [4.69, 9.17) is 4.74 Å². The normalized spacial score (nSPS) is 19.3. The third kappa shape index (κ3) is 4.18. The standard InChI is InChI=1S/C15H19NO2.BrH/c1-3-15(17)18-14-11-16(2)10-9-13(14)12-7-5-4-6-8-12;/h4-9,14H,3,10-11H2,1-2H3;1H. The number of hydrogen-bond acceptors (Lipinski definition) is 3. The van der Waals surface area contributed by atoms with Gasteiger partial charge in [0.1, 0.15) is 6.10 Å². The lowest BCUT2D eigenvalue weighted by atomic mass is 9.97. The Kier molecular flexibility index (Phi) is 6.25. The van der Waals surface area contributed by atoms with Gasteiger partial charge in [0.15, 0.2) is 0 Å². The number of ether oxygens (including phenoxy) is 1. The molecular formula is C15H20BrNO2. The van der Waals surface area contributed by atoms with Gasteiger partial charge in [0.25, 0.3) is 0 Å². The lowest BCUT2D eigenvalue weighted by Gasteiger charge is -2.30. The van der Waals surface area contributed by atoms with Gasteiger partial charge in [0, 0.05) is 19.5 Å². The SMILES string of the molecule is Br.CCC(=O)OC1CN(C)CC=C1c1ccccc1. The quantitative estimate of drug-likeness (QED) is 0.800. The summed E-state index contributed by atoms with van der Waals surface area (Å²) in [5.74, 6) is -0.142. The van der Waals surface area contributed by atoms with Crippen molar-refractivity contribution in [1.82, 2.24) is 4.90 Å². The third-order valence-electron chi connectivity index (χ3n) is 3.12. The average Bonchev–Trinajstić information content (AvgIpc) is 2.40. The highest BCUT2D eigenvalue weighted by Crippen LogP contribution is 2.24. The fraction of sp³-hybridized carbons (Fsp3) is 0.400. The average molecular weight is 326 g/mol. The number of likely N-dealkylation sites (N-methyl/N-ethyl adjacent to an activating group) is 1. The Balaban J connectivity index is 0.00000180. The highest BCUT2D eigenvalue weighted by atomic mass is 79.9. The Morgan fingerprint density at radius 2 is 2.05 bits per heavy atom. The maximum Gasteiger partial charge on any atom is 0.306 e. The largest absolute Gasteiger partial charge is 0.456 e. The highest BCUT2D eigenvalue weighted by molar-refractivity contribution is 8.93. The minimum absolute atomic E-state index is 0. The Labute approximate surface area is 125 Å². The van der Waals surface area contributed by atoms with Crippen LogP contribution in [0.5, 0.6) is 0 Å². The van der Waals surface area contributed by atoms with Crippen molar-refractivity contribution in [3.05, 3.63) is 42.0 Å². The van der Waals surface area contributed by atoms with Crippen LogP contribution < -0.4 is 0 Å². The van der Waals surface area contributed by atoms with E-state index in [1.165, 1.54) is 0 Å². The first-order chi connectivity index (χ1) is 8.70. The molecule has 0 amide bonds. The fourth-order valence-corrected chi connectivity index (χ4v) is 2.12. The van der Waals surface area contributed by atoms with Gasteiger partial charge < -0.3 is 4.74 Å². The second-order valence-electron chi connectivity index (χ2n) is 4.58. The number of halogens is 1. The van der Waals surface area contributed by atoms with E-state index in [0.29, 0.717) is 6.42 Å². The Morgan fingerprint density at radius 3 is 2.68 bits per heavy atom. The van der Waals surface area contributed by atoms with Crippen LogP contribution in [0.1, 0.15) is 18.9 Å². The zero-order valence-electron chi connectivity index (χ0n) is 11.3. The molecule has 1 atom stereocenters. The molecule has 1 heterocycles. The number of esters is 1. The van der Waals surface area contributed by atoms with Gasteiger partial charge in [-0.15, -0.1) is 17.0 Å². The Hall–Kier alpha value is -1.13. The van der Waals surface area contributed by atoms with Crippen LogP contribution in [0.4, 0.5) is 0 Å². The second-order valence-corrected chi connectivity index (χ2v) is 4.58. The molecule has 3 nitrogen and oxygen atoms in total. The summed E-state index contributed by atoms with van der Waals surface area (Å²) in [7, 11) is 2.03. The van der Waals surface area contributed by atoms with Gasteiger partial charge in [-0.05, 0) is 18.2 Å². The minimum atomic E-state index is -0.154. The van der Waals surface area contributed by atoms with Crippen molar-refractivity contribution in [3.8, 4) is 0 Å². The van der Waals surface area contributed by atoms with Crippen LogP contribution >= 0.6 is 17.0 Å². The molecule has 0 saturated heterocycles. The first-order valence-corrected chi connectivity index (χ1v) is 6.34. The molecule has 0 radical (unpaired) electrons. The summed E-state index contributed by atoms with van der Waals surface area (Å²) in [6, 6.07) is 10.1. The number of carbonyl (C=O) groups is 1. The molecule has 2 rings (SSSR count). The van der Waals surface area contributed by atoms with Crippen LogP contribution in [0.15, 0.2) is 36.4 Å². The maximum absolute atomic E-state index is 11.5. The van der Waals surface area contributed by atoms with Gasteiger partial charge >= 0.3 is 5.97 Å². The summed E-state index contributed by atoms with van der Waals surface area (Å²) < 4.78 is 5.53. The maximum atomic E-state index is 11.5. The van der Waals surface area contributed by atoms with Gasteiger partial charge in [-0.2, -0.15) is 0 Å². The second kappa shape index (κ2) is 7.46. The summed E-state index contributed by atoms with van der Waals surface area (Å²) in [6.45, 7) is 3.47. The first-order valence-electron chi connectivity index (χ1n) is 6.34. The van der Waals surface area contributed by atoms with Gasteiger partial charge in [-0.25, -0.2) is 0 Å². The van der Waals surface area contributed by atoms with Gasteiger partial charge in [0.2, 0.25) is 0 Å². The minimum Gasteiger partial charge on any atom is -0.456 e. The zero-order valence-corrected chi connectivity index (χ0v) is 13.0. The van der Waals surface area contributed by atoms with Crippen molar-refractivity contribution in [2.24, 2.45) is 0 Å². The van der Waals surface area contributed by atoms with Crippen molar-refractivity contribution in [2.45, 2.75) is 19.4 Å². The number of nitrogens with zero attached hydrogens (tertiary/aromatic N) is 1. The predicted octanol–water partition coefficient (Wildman–Crippen LogP) is 2.92. The van der Waals surface area contributed by atoms with Crippen molar-refractivity contribution >= 4 is 28.5 Å². The van der Waals surface area contributed by atoms with Crippen LogP contribution in [0.3, 0.4) is 0 Å². The Morgan fingerprint density at radius 1 is 1.37 bits per heavy atom. The molecule has 1 aliphatic heterocycles. The number of hydrogen-bond donors (Lipinski definition) is 0. The molecule has 0 fully saturated rings. The molecule has 1 aromatic carbocycles. The number of benzene rings is 1. The molecular weight excluding hydrogens is 306 g/mol. The summed E-state index contributed by atoms with van der Waals surface area (Å²) in [5, 5.41) is 0. The van der Waals surface area contributed by atoms with Crippen molar-refractivity contribution in [1.29, 1.82) is 0 Å². The number of carbonyl (C=O) groups excluding carboxylic acids is 1. The van der Waals surface area contributed by atoms with E-state index in [1.807, 2.05) is 32.2 Å². The van der Waals surface area contributed by atoms with Crippen LogP contribution in [0.25, 0.3) is 5.57 Å². The van der Waals surface area contributed by atoms with Crippen LogP contribution in [0, 0.1) is 0 Å². The Bertz CT molecular complexity index is 445. The van der Waals surface area contributed by atoms with E-state index in [1.54, 1.807) is 0 Å². The zero-order chi connectivity index (χ0) is 13.0. The summed E-state index contributed by atoms with van der Waals surface area (Å²) >= 11 is 0. The van der Waals surface area contributed by atoms with E-state index >= 15 is 0 Å². The third-order valence-corrected chi connectivity index (χ3v) is 3.12. The monoisotopic (exact) mass is 325 g/mol. The molecule has 0 aliphatic carbocycles. The number of rotatable bonds is 3. The molecule has 1 aliphatic rings. The van der Waals surface area contributed by atoms with Crippen molar-refractivity contribution in [2.75, 3.05) is 20.1 Å². The lowest BCUT2D eigenvalue weighted by Crippen LogP contribution is -2.37. The van der Waals surface area contributed by atoms with E-state index in [0.717, 1.165) is 24.2 Å². The van der Waals surface area contributed by atoms with Crippen molar-refractivity contribution in [3.63, 3.8) is 0 Å². The van der Waals surface area contributed by atoms with Gasteiger partial charge in [-0.1, -0.05) is 43.3 Å². The summed E-state index contributed by atoms with van der Waals surface area (Å²) in [4.78, 5) is 13.6. The van der Waals surface area contributed by atoms with Crippen molar-refractivity contribution < 1.29 is 9.53 Å². The topological polar surface area (TPSA) is 29.5 Å². The lowest BCUT2D eigenvalue weighted by molar-refractivity contribution is -0.146. The molecule has 1 unspecified atom stereocenters. The van der Waals surface area contributed by atoms with Crippen LogP contribution in [-0.4, -0.2) is 37.1 Å². The molecule has 0 aromatic heterocycles. The molecule has 4 heteroatoms. The molecule has 19 heavy (non-hydrogen) atoms. The van der Waals surface area contributed by atoms with Gasteiger partial charge in [-0.3, -0.25) is 9.69 Å². The summed E-state index contributed by atoms with van der Waals surface area (Å²) in [6.07, 6.45) is 2.41. The predicted molar refractivity (Wildman–Crippen MR) is 82.4 cm³/mol. The molecule has 1 aromatic rings. The molecule has 104 valence electrons. The van der Waals surface area contributed by atoms with E-state index in [-0.39, 0.29) is 29.1 Å². The van der Waals surface area contributed by atoms with E-state index < -0.39 is 0 Å².